The molecule has 1 amide bonds. The van der Waals surface area contributed by atoms with E-state index in [9.17, 15) is 4.79 Å². The molecule has 0 bridgehead atoms. The predicted molar refractivity (Wildman–Crippen MR) is 84.5 cm³/mol. The fraction of sp³-hybridized carbons (Fsp3) is 0.176. The second kappa shape index (κ2) is 5.89. The Hall–Kier alpha value is -2.82. The van der Waals surface area contributed by atoms with E-state index in [-0.39, 0.29) is 0 Å². The molecule has 0 spiro atoms. The number of aromatic nitrogens is 2. The van der Waals surface area contributed by atoms with Crippen LogP contribution in [0.3, 0.4) is 0 Å². The van der Waals surface area contributed by atoms with Crippen molar-refractivity contribution in [3.05, 3.63) is 65.3 Å². The van der Waals surface area contributed by atoms with Crippen LogP contribution < -0.4 is 5.62 Å². The monoisotopic (exact) mass is 295 g/mol. The van der Waals surface area contributed by atoms with Crippen molar-refractivity contribution in [3.63, 3.8) is 0 Å². The molecule has 0 radical (unpaired) electrons. The highest BCUT2D eigenvalue weighted by molar-refractivity contribution is 5.75. The van der Waals surface area contributed by atoms with Crippen molar-refractivity contribution in [3.8, 4) is 0 Å². The zero-order chi connectivity index (χ0) is 15.5. The first-order valence-corrected chi connectivity index (χ1v) is 7.03. The van der Waals surface area contributed by atoms with Gasteiger partial charge in [-0.15, -0.1) is 4.99 Å². The summed E-state index contributed by atoms with van der Waals surface area (Å²) in [5.74, 6) is 0. The first-order chi connectivity index (χ1) is 10.7. The Morgan fingerprint density at radius 2 is 1.91 bits per heavy atom. The average Bonchev–Trinajstić information content (AvgIpc) is 2.87. The molecule has 0 aliphatic carbocycles. The van der Waals surface area contributed by atoms with Gasteiger partial charge in [0.05, 0.1) is 24.7 Å². The van der Waals surface area contributed by atoms with Gasteiger partial charge in [0.15, 0.2) is 0 Å². The number of methoxy groups -OCH3 is 1. The number of hydrogen-bond donors (Lipinski definition) is 1. The summed E-state index contributed by atoms with van der Waals surface area (Å²) >= 11 is 0. The Balaban J connectivity index is 2.13. The van der Waals surface area contributed by atoms with E-state index < -0.39 is 6.09 Å². The van der Waals surface area contributed by atoms with Gasteiger partial charge in [-0.2, -0.15) is 0 Å². The minimum Gasteiger partial charge on any atom is -0.451 e. The van der Waals surface area contributed by atoms with Gasteiger partial charge in [-0.05, 0) is 24.6 Å². The summed E-state index contributed by atoms with van der Waals surface area (Å²) in [6.07, 6.45) is -0.621. The SMILES string of the molecule is COC(=O)/N=c1\[nH]c2ccccc2n1Cc1ccc(C)cc1. The van der Waals surface area contributed by atoms with E-state index in [1.54, 1.807) is 0 Å². The van der Waals surface area contributed by atoms with Crippen LogP contribution in [0.1, 0.15) is 11.1 Å². The summed E-state index contributed by atoms with van der Waals surface area (Å²) in [6, 6.07) is 16.1. The van der Waals surface area contributed by atoms with Crippen molar-refractivity contribution < 1.29 is 9.53 Å². The molecule has 0 aliphatic rings. The highest BCUT2D eigenvalue weighted by atomic mass is 16.5. The molecule has 0 saturated carbocycles. The Kier molecular flexibility index (Phi) is 3.78. The van der Waals surface area contributed by atoms with Crippen LogP contribution in [0, 0.1) is 6.92 Å². The third-order valence-corrected chi connectivity index (χ3v) is 3.53. The maximum Gasteiger partial charge on any atom is 0.436 e. The van der Waals surface area contributed by atoms with E-state index in [0.29, 0.717) is 12.2 Å². The van der Waals surface area contributed by atoms with Crippen LogP contribution in [0.15, 0.2) is 53.5 Å². The number of carbonyl (C=O) groups excluding carboxylic acids is 1. The Bertz CT molecular complexity index is 873. The number of rotatable bonds is 2. The molecule has 3 rings (SSSR count). The molecule has 5 heteroatoms. The number of aryl methyl sites for hydroxylation is 1. The summed E-state index contributed by atoms with van der Waals surface area (Å²) in [5.41, 5.74) is 4.76. The van der Waals surface area contributed by atoms with Gasteiger partial charge in [0.25, 0.3) is 0 Å². The third kappa shape index (κ3) is 2.79. The van der Waals surface area contributed by atoms with E-state index in [2.05, 4.69) is 45.9 Å². The number of imidazole rings is 1. The van der Waals surface area contributed by atoms with E-state index in [1.807, 2.05) is 28.8 Å². The Morgan fingerprint density at radius 1 is 1.18 bits per heavy atom. The quantitative estimate of drug-likeness (QED) is 0.790. The number of H-pyrrole nitrogens is 1. The van der Waals surface area contributed by atoms with Crippen molar-refractivity contribution in [1.29, 1.82) is 0 Å². The standard InChI is InChI=1S/C17H17N3O2/c1-12-7-9-13(10-8-12)11-20-15-6-4-3-5-14(15)18-16(20)19-17(21)22-2/h3-10H,11H2,1-2H3,(H,18,19,21). The fourth-order valence-electron chi connectivity index (χ4n) is 2.37. The average molecular weight is 295 g/mol. The highest BCUT2D eigenvalue weighted by Crippen LogP contribution is 2.12. The predicted octanol–water partition coefficient (Wildman–Crippen LogP) is 2.99. The summed E-state index contributed by atoms with van der Waals surface area (Å²) in [7, 11) is 1.32. The Labute approximate surface area is 127 Å². The van der Waals surface area contributed by atoms with Crippen LogP contribution in [0.5, 0.6) is 0 Å². The minimum atomic E-state index is -0.621. The number of hydrogen-bond acceptors (Lipinski definition) is 2. The zero-order valence-electron chi connectivity index (χ0n) is 12.5. The van der Waals surface area contributed by atoms with Gasteiger partial charge in [-0.25, -0.2) is 4.79 Å². The van der Waals surface area contributed by atoms with Crippen LogP contribution >= 0.6 is 0 Å². The molecule has 1 N–H and O–H groups in total. The van der Waals surface area contributed by atoms with Gasteiger partial charge in [-0.1, -0.05) is 42.0 Å². The second-order valence-corrected chi connectivity index (χ2v) is 5.12. The largest absolute Gasteiger partial charge is 0.451 e. The number of carbonyl (C=O) groups is 1. The summed E-state index contributed by atoms with van der Waals surface area (Å²) in [6.45, 7) is 2.68. The second-order valence-electron chi connectivity index (χ2n) is 5.12. The Morgan fingerprint density at radius 3 is 2.64 bits per heavy atom. The van der Waals surface area contributed by atoms with Crippen molar-refractivity contribution >= 4 is 17.1 Å². The first-order valence-electron chi connectivity index (χ1n) is 7.03. The van der Waals surface area contributed by atoms with Crippen LogP contribution in [-0.2, 0) is 11.3 Å². The topological polar surface area (TPSA) is 59.4 Å². The molecular formula is C17H17N3O2. The number of amides is 1. The number of fused-ring (bicyclic) bond motifs is 1. The summed E-state index contributed by atoms with van der Waals surface area (Å²) < 4.78 is 6.60. The molecular weight excluding hydrogens is 278 g/mol. The summed E-state index contributed by atoms with van der Waals surface area (Å²) in [4.78, 5) is 18.6. The van der Waals surface area contributed by atoms with Gasteiger partial charge in [-0.3, -0.25) is 0 Å². The van der Waals surface area contributed by atoms with Crippen LogP contribution in [0.25, 0.3) is 11.0 Å². The lowest BCUT2D eigenvalue weighted by molar-refractivity contribution is 0.181. The first kappa shape index (κ1) is 14.1. The molecule has 3 aromatic rings. The van der Waals surface area contributed by atoms with Crippen LogP contribution in [0.4, 0.5) is 4.79 Å². The number of nitrogens with zero attached hydrogens (tertiary/aromatic N) is 2. The van der Waals surface area contributed by atoms with Crippen molar-refractivity contribution in [2.75, 3.05) is 7.11 Å². The van der Waals surface area contributed by atoms with Crippen molar-refractivity contribution in [2.24, 2.45) is 4.99 Å². The number of aromatic amines is 1. The van der Waals surface area contributed by atoms with E-state index >= 15 is 0 Å². The van der Waals surface area contributed by atoms with Gasteiger partial charge < -0.3 is 14.3 Å². The van der Waals surface area contributed by atoms with E-state index in [0.717, 1.165) is 16.6 Å². The number of para-hydroxylation sites is 2. The fourth-order valence-corrected chi connectivity index (χ4v) is 2.37. The third-order valence-electron chi connectivity index (χ3n) is 3.53. The molecule has 112 valence electrons. The highest BCUT2D eigenvalue weighted by Gasteiger charge is 2.07. The minimum absolute atomic E-state index is 0.480. The van der Waals surface area contributed by atoms with Crippen LogP contribution in [-0.4, -0.2) is 22.8 Å². The molecule has 0 fully saturated rings. The molecule has 5 nitrogen and oxygen atoms in total. The smallest absolute Gasteiger partial charge is 0.436 e. The lowest BCUT2D eigenvalue weighted by atomic mass is 10.1. The molecule has 22 heavy (non-hydrogen) atoms. The lowest BCUT2D eigenvalue weighted by Gasteiger charge is -2.05. The number of benzene rings is 2. The molecule has 0 saturated heterocycles. The van der Waals surface area contributed by atoms with Crippen molar-refractivity contribution in [1.82, 2.24) is 9.55 Å². The number of nitrogens with one attached hydrogen (secondary N) is 1. The van der Waals surface area contributed by atoms with Gasteiger partial charge in [0, 0.05) is 0 Å². The van der Waals surface area contributed by atoms with E-state index in [1.165, 1.54) is 12.7 Å². The number of ether oxygens (including phenoxy) is 1. The van der Waals surface area contributed by atoms with Gasteiger partial charge in [0.2, 0.25) is 5.62 Å². The maximum absolute atomic E-state index is 11.5. The maximum atomic E-state index is 11.5. The van der Waals surface area contributed by atoms with Gasteiger partial charge >= 0.3 is 6.09 Å². The molecule has 1 aromatic heterocycles. The van der Waals surface area contributed by atoms with Gasteiger partial charge in [0.1, 0.15) is 0 Å². The normalized spacial score (nSPS) is 11.8. The summed E-state index contributed by atoms with van der Waals surface area (Å²) in [5, 5.41) is 0. The molecule has 0 aliphatic heterocycles. The molecule has 1 heterocycles. The zero-order valence-corrected chi connectivity index (χ0v) is 12.5. The molecule has 0 atom stereocenters. The lowest BCUT2D eigenvalue weighted by Crippen LogP contribution is -2.21. The molecule has 2 aromatic carbocycles. The van der Waals surface area contributed by atoms with Crippen LogP contribution in [0.2, 0.25) is 0 Å². The van der Waals surface area contributed by atoms with Crippen molar-refractivity contribution in [2.45, 2.75) is 13.5 Å². The van der Waals surface area contributed by atoms with E-state index in [4.69, 9.17) is 0 Å². The molecule has 0 unspecified atom stereocenters.